The molecule has 0 saturated carbocycles. The van der Waals surface area contributed by atoms with E-state index in [-0.39, 0.29) is 22.3 Å². The number of carbonyl (C=O) groups is 2. The van der Waals surface area contributed by atoms with Gasteiger partial charge in [0, 0.05) is 22.4 Å². The van der Waals surface area contributed by atoms with Crippen LogP contribution in [-0.2, 0) is 16.2 Å². The predicted molar refractivity (Wildman–Crippen MR) is 102 cm³/mol. The minimum absolute atomic E-state index is 0.0174. The standard InChI is InChI=1S/C21H11F4NO4S/c22-16-9-8-11(10-15(16)21(23,24)25)26-31(29,30)17-7-3-6-14-18(17)20(28)13-5-2-1-4-12(13)19(14)27/h1-10,26H. The number of nitrogens with one attached hydrogen (secondary N) is 1. The molecular weight excluding hydrogens is 438 g/mol. The molecule has 1 aliphatic carbocycles. The molecule has 0 bridgehead atoms. The van der Waals surface area contributed by atoms with Gasteiger partial charge in [-0.3, -0.25) is 14.3 Å². The van der Waals surface area contributed by atoms with Gasteiger partial charge in [0.1, 0.15) is 5.82 Å². The molecule has 3 aromatic carbocycles. The third-order valence-corrected chi connectivity index (χ3v) is 6.15. The van der Waals surface area contributed by atoms with Crippen LogP contribution in [0.1, 0.15) is 37.4 Å². The number of halogens is 4. The Kier molecular flexibility index (Phi) is 4.69. The summed E-state index contributed by atoms with van der Waals surface area (Å²) in [5.41, 5.74) is -2.58. The highest BCUT2D eigenvalue weighted by atomic mass is 32.2. The molecule has 0 fully saturated rings. The third kappa shape index (κ3) is 3.48. The summed E-state index contributed by atoms with van der Waals surface area (Å²) in [5.74, 6) is -2.82. The lowest BCUT2D eigenvalue weighted by Crippen LogP contribution is -2.25. The highest BCUT2D eigenvalue weighted by molar-refractivity contribution is 7.92. The molecule has 1 aliphatic rings. The number of carbonyl (C=O) groups excluding carboxylic acids is 2. The highest BCUT2D eigenvalue weighted by Gasteiger charge is 2.36. The quantitative estimate of drug-likeness (QED) is 0.470. The predicted octanol–water partition coefficient (Wildman–Crippen LogP) is 4.42. The van der Waals surface area contributed by atoms with E-state index in [1.54, 1.807) is 6.07 Å². The van der Waals surface area contributed by atoms with E-state index in [2.05, 4.69) is 0 Å². The molecule has 158 valence electrons. The fraction of sp³-hybridized carbons (Fsp3) is 0.0476. The van der Waals surface area contributed by atoms with Gasteiger partial charge in [0.15, 0.2) is 11.6 Å². The van der Waals surface area contributed by atoms with Gasteiger partial charge < -0.3 is 0 Å². The van der Waals surface area contributed by atoms with E-state index in [1.165, 1.54) is 30.3 Å². The summed E-state index contributed by atoms with van der Waals surface area (Å²) in [4.78, 5) is 25.1. The Hall–Kier alpha value is -3.53. The van der Waals surface area contributed by atoms with E-state index in [1.807, 2.05) is 4.72 Å². The fourth-order valence-electron chi connectivity index (χ4n) is 3.35. The van der Waals surface area contributed by atoms with E-state index < -0.39 is 49.7 Å². The molecule has 0 atom stereocenters. The fourth-order valence-corrected chi connectivity index (χ4v) is 4.63. The van der Waals surface area contributed by atoms with Gasteiger partial charge in [0.05, 0.1) is 16.0 Å². The number of benzene rings is 3. The monoisotopic (exact) mass is 449 g/mol. The second-order valence-electron chi connectivity index (χ2n) is 6.68. The smallest absolute Gasteiger partial charge is 0.289 e. The molecule has 0 amide bonds. The Labute approximate surface area is 173 Å². The Balaban J connectivity index is 1.82. The number of anilines is 1. The zero-order chi connectivity index (χ0) is 22.6. The Morgan fingerprint density at radius 2 is 1.39 bits per heavy atom. The first-order chi connectivity index (χ1) is 14.5. The van der Waals surface area contributed by atoms with Crippen molar-refractivity contribution in [3.05, 3.63) is 94.3 Å². The summed E-state index contributed by atoms with van der Waals surface area (Å²) in [5, 5.41) is 0. The summed E-state index contributed by atoms with van der Waals surface area (Å²) in [6.07, 6.45) is -5.04. The van der Waals surface area contributed by atoms with Crippen molar-refractivity contribution < 1.29 is 35.6 Å². The second kappa shape index (κ2) is 7.02. The summed E-state index contributed by atoms with van der Waals surface area (Å²) in [6, 6.07) is 11.1. The van der Waals surface area contributed by atoms with Crippen molar-refractivity contribution in [3.63, 3.8) is 0 Å². The normalized spacial score (nSPS) is 13.5. The maximum Gasteiger partial charge on any atom is 0.419 e. The van der Waals surface area contributed by atoms with Crippen LogP contribution in [0.15, 0.2) is 65.6 Å². The molecule has 0 heterocycles. The van der Waals surface area contributed by atoms with Crippen molar-refractivity contribution in [3.8, 4) is 0 Å². The zero-order valence-electron chi connectivity index (χ0n) is 15.3. The Morgan fingerprint density at radius 3 is 2.03 bits per heavy atom. The molecule has 5 nitrogen and oxygen atoms in total. The molecule has 0 saturated heterocycles. The average Bonchev–Trinajstić information content (AvgIpc) is 2.72. The summed E-state index contributed by atoms with van der Waals surface area (Å²) < 4.78 is 80.1. The van der Waals surface area contributed by atoms with Gasteiger partial charge in [0.25, 0.3) is 10.0 Å². The number of hydrogen-bond donors (Lipinski definition) is 1. The third-order valence-electron chi connectivity index (χ3n) is 4.73. The van der Waals surface area contributed by atoms with Gasteiger partial charge in [-0.2, -0.15) is 13.2 Å². The van der Waals surface area contributed by atoms with Gasteiger partial charge in [-0.1, -0.05) is 36.4 Å². The summed E-state index contributed by atoms with van der Waals surface area (Å²) in [7, 11) is -4.60. The average molecular weight is 449 g/mol. The lowest BCUT2D eigenvalue weighted by molar-refractivity contribution is -0.139. The molecule has 0 spiro atoms. The summed E-state index contributed by atoms with van der Waals surface area (Å²) in [6.45, 7) is 0. The van der Waals surface area contributed by atoms with Gasteiger partial charge in [0.2, 0.25) is 0 Å². The lowest BCUT2D eigenvalue weighted by Gasteiger charge is -2.20. The van der Waals surface area contributed by atoms with Crippen molar-refractivity contribution in [2.75, 3.05) is 4.72 Å². The molecule has 4 rings (SSSR count). The van der Waals surface area contributed by atoms with Crippen LogP contribution in [0.2, 0.25) is 0 Å². The largest absolute Gasteiger partial charge is 0.419 e. The summed E-state index contributed by atoms with van der Waals surface area (Å²) >= 11 is 0. The van der Waals surface area contributed by atoms with Crippen molar-refractivity contribution in [2.45, 2.75) is 11.1 Å². The molecule has 0 aliphatic heterocycles. The molecule has 0 aromatic heterocycles. The van der Waals surface area contributed by atoms with Gasteiger partial charge in [-0.15, -0.1) is 0 Å². The van der Waals surface area contributed by atoms with Crippen LogP contribution in [-0.4, -0.2) is 20.0 Å². The molecule has 0 radical (unpaired) electrons. The van der Waals surface area contributed by atoms with Gasteiger partial charge in [-0.05, 0) is 24.3 Å². The Bertz CT molecular complexity index is 1360. The number of rotatable bonds is 3. The first kappa shape index (κ1) is 20.7. The molecule has 3 aromatic rings. The SMILES string of the molecule is O=C1c2ccccc2C(=O)c2c1cccc2S(=O)(=O)Nc1ccc(F)c(C(F)(F)F)c1. The Morgan fingerprint density at radius 1 is 0.774 bits per heavy atom. The topological polar surface area (TPSA) is 80.3 Å². The highest BCUT2D eigenvalue weighted by Crippen LogP contribution is 2.35. The van der Waals surface area contributed by atoms with E-state index in [4.69, 9.17) is 0 Å². The van der Waals surface area contributed by atoms with E-state index >= 15 is 0 Å². The first-order valence-electron chi connectivity index (χ1n) is 8.72. The number of fused-ring (bicyclic) bond motifs is 2. The van der Waals surface area contributed by atoms with Crippen LogP contribution in [0.4, 0.5) is 23.2 Å². The minimum atomic E-state index is -5.04. The molecule has 0 unspecified atom stereocenters. The molecule has 31 heavy (non-hydrogen) atoms. The number of ketones is 2. The minimum Gasteiger partial charge on any atom is -0.289 e. The van der Waals surface area contributed by atoms with Crippen LogP contribution in [0.3, 0.4) is 0 Å². The molecule has 1 N–H and O–H groups in total. The van der Waals surface area contributed by atoms with Crippen LogP contribution in [0.5, 0.6) is 0 Å². The number of sulfonamides is 1. The van der Waals surface area contributed by atoms with Gasteiger partial charge >= 0.3 is 6.18 Å². The van der Waals surface area contributed by atoms with E-state index in [0.717, 1.165) is 12.1 Å². The van der Waals surface area contributed by atoms with Gasteiger partial charge in [-0.25, -0.2) is 12.8 Å². The zero-order valence-corrected chi connectivity index (χ0v) is 16.1. The van der Waals surface area contributed by atoms with Crippen LogP contribution in [0, 0.1) is 5.82 Å². The van der Waals surface area contributed by atoms with Crippen LogP contribution in [0.25, 0.3) is 0 Å². The van der Waals surface area contributed by atoms with Crippen LogP contribution < -0.4 is 4.72 Å². The molecule has 10 heteroatoms. The maximum atomic E-state index is 13.5. The molecular formula is C21H11F4NO4S. The second-order valence-corrected chi connectivity index (χ2v) is 8.33. The van der Waals surface area contributed by atoms with Crippen molar-refractivity contribution in [1.29, 1.82) is 0 Å². The first-order valence-corrected chi connectivity index (χ1v) is 10.2. The van der Waals surface area contributed by atoms with Crippen LogP contribution >= 0.6 is 0 Å². The van der Waals surface area contributed by atoms with Crippen molar-refractivity contribution in [1.82, 2.24) is 0 Å². The maximum absolute atomic E-state index is 13.5. The van der Waals surface area contributed by atoms with Crippen molar-refractivity contribution in [2.24, 2.45) is 0 Å². The number of alkyl halides is 3. The number of hydrogen-bond acceptors (Lipinski definition) is 4. The van der Waals surface area contributed by atoms with E-state index in [9.17, 15) is 35.6 Å². The van der Waals surface area contributed by atoms with Crippen molar-refractivity contribution >= 4 is 27.3 Å². The lowest BCUT2D eigenvalue weighted by atomic mass is 9.84. The van der Waals surface area contributed by atoms with E-state index in [0.29, 0.717) is 12.1 Å².